The molecule has 0 aliphatic carbocycles. The van der Waals surface area contributed by atoms with Crippen LogP contribution in [0.4, 0.5) is 11.4 Å². The van der Waals surface area contributed by atoms with E-state index in [-0.39, 0.29) is 17.5 Å². The molecule has 2 aromatic carbocycles. The fraction of sp³-hybridized carbons (Fsp3) is 0.250. The van der Waals surface area contributed by atoms with Gasteiger partial charge < -0.3 is 10.3 Å². The van der Waals surface area contributed by atoms with Gasteiger partial charge in [0.15, 0.2) is 5.69 Å². The van der Waals surface area contributed by atoms with Gasteiger partial charge in [0.25, 0.3) is 0 Å². The lowest BCUT2D eigenvalue weighted by Gasteiger charge is -2.28. The third-order valence-electron chi connectivity index (χ3n) is 5.23. The number of piperidine rings is 1. The lowest BCUT2D eigenvalue weighted by Crippen LogP contribution is -2.29. The van der Waals surface area contributed by atoms with Crippen molar-refractivity contribution >= 4 is 23.3 Å². The Bertz CT molecular complexity index is 1080. The SMILES string of the molecule is N=CCC(=Nc1ccccc1)c1nn(-c2ccc(N3CCCCC3)cc2)ccc1=O. The molecule has 152 valence electrons. The molecule has 0 spiro atoms. The number of para-hydroxylation sites is 1. The molecule has 0 radical (unpaired) electrons. The standard InChI is InChI=1S/C24H25N5O/c25-15-13-22(26-19-7-3-1-4-8-19)24-23(30)14-18-29(27-24)21-11-9-20(10-12-21)28-16-5-2-6-17-28/h1,3-4,7-12,14-15,18,25H,2,5-6,13,16-17H2. The van der Waals surface area contributed by atoms with Gasteiger partial charge in [-0.1, -0.05) is 18.2 Å². The molecule has 4 rings (SSSR count). The summed E-state index contributed by atoms with van der Waals surface area (Å²) in [5, 5.41) is 12.1. The lowest BCUT2D eigenvalue weighted by molar-refractivity contribution is 0.578. The smallest absolute Gasteiger partial charge is 0.209 e. The molecule has 2 heterocycles. The molecule has 1 aromatic heterocycles. The first-order valence-electron chi connectivity index (χ1n) is 10.3. The van der Waals surface area contributed by atoms with E-state index in [4.69, 9.17) is 5.41 Å². The van der Waals surface area contributed by atoms with E-state index in [1.54, 1.807) is 10.9 Å². The summed E-state index contributed by atoms with van der Waals surface area (Å²) in [6.45, 7) is 2.20. The van der Waals surface area contributed by atoms with Gasteiger partial charge in [0, 0.05) is 43.7 Å². The second kappa shape index (κ2) is 9.31. The Labute approximate surface area is 176 Å². The topological polar surface area (TPSA) is 74.3 Å². The summed E-state index contributed by atoms with van der Waals surface area (Å²) in [6.07, 6.45) is 6.95. The van der Waals surface area contributed by atoms with Crippen molar-refractivity contribution in [2.75, 3.05) is 18.0 Å². The van der Waals surface area contributed by atoms with Crippen molar-refractivity contribution in [1.82, 2.24) is 9.78 Å². The summed E-state index contributed by atoms with van der Waals surface area (Å²) < 4.78 is 1.70. The summed E-state index contributed by atoms with van der Waals surface area (Å²) in [6, 6.07) is 19.2. The van der Waals surface area contributed by atoms with Crippen molar-refractivity contribution in [3.05, 3.63) is 82.8 Å². The Morgan fingerprint density at radius 3 is 2.37 bits per heavy atom. The van der Waals surface area contributed by atoms with E-state index in [2.05, 4.69) is 27.1 Å². The average Bonchev–Trinajstić information content (AvgIpc) is 2.81. The first kappa shape index (κ1) is 19.8. The third kappa shape index (κ3) is 4.54. The molecule has 6 heteroatoms. The van der Waals surface area contributed by atoms with E-state index < -0.39 is 0 Å². The molecule has 30 heavy (non-hydrogen) atoms. The maximum absolute atomic E-state index is 12.5. The van der Waals surface area contributed by atoms with Gasteiger partial charge in [-0.15, -0.1) is 0 Å². The second-order valence-electron chi connectivity index (χ2n) is 7.34. The van der Waals surface area contributed by atoms with E-state index in [0.717, 1.165) is 24.5 Å². The van der Waals surface area contributed by atoms with E-state index in [1.807, 2.05) is 42.5 Å². The largest absolute Gasteiger partial charge is 0.372 e. The molecular weight excluding hydrogens is 374 g/mol. The highest BCUT2D eigenvalue weighted by molar-refractivity contribution is 6.06. The Balaban J connectivity index is 1.66. The summed E-state index contributed by atoms with van der Waals surface area (Å²) in [7, 11) is 0. The minimum absolute atomic E-state index is 0.201. The molecule has 0 atom stereocenters. The van der Waals surface area contributed by atoms with E-state index in [1.165, 1.54) is 37.2 Å². The van der Waals surface area contributed by atoms with Crippen LogP contribution in [0.3, 0.4) is 0 Å². The van der Waals surface area contributed by atoms with Crippen LogP contribution in [-0.2, 0) is 0 Å². The maximum atomic E-state index is 12.5. The van der Waals surface area contributed by atoms with Crippen molar-refractivity contribution in [1.29, 1.82) is 5.41 Å². The van der Waals surface area contributed by atoms with Gasteiger partial charge in [-0.3, -0.25) is 9.79 Å². The Hall–Kier alpha value is -3.54. The first-order valence-corrected chi connectivity index (χ1v) is 10.3. The van der Waals surface area contributed by atoms with Gasteiger partial charge in [0.2, 0.25) is 5.43 Å². The minimum atomic E-state index is -0.201. The van der Waals surface area contributed by atoms with Crippen molar-refractivity contribution in [2.24, 2.45) is 4.99 Å². The van der Waals surface area contributed by atoms with E-state index in [9.17, 15) is 4.79 Å². The van der Waals surface area contributed by atoms with Crippen LogP contribution < -0.4 is 10.3 Å². The zero-order valence-corrected chi connectivity index (χ0v) is 16.9. The summed E-state index contributed by atoms with van der Waals surface area (Å²) >= 11 is 0. The summed E-state index contributed by atoms with van der Waals surface area (Å²) in [5.74, 6) is 0. The van der Waals surface area contributed by atoms with Gasteiger partial charge in [-0.2, -0.15) is 5.10 Å². The van der Waals surface area contributed by atoms with Crippen LogP contribution in [-0.4, -0.2) is 34.8 Å². The van der Waals surface area contributed by atoms with Crippen molar-refractivity contribution in [2.45, 2.75) is 25.7 Å². The molecule has 3 aromatic rings. The van der Waals surface area contributed by atoms with Gasteiger partial charge in [-0.05, 0) is 55.7 Å². The fourth-order valence-corrected chi connectivity index (χ4v) is 3.67. The lowest BCUT2D eigenvalue weighted by atomic mass is 10.1. The minimum Gasteiger partial charge on any atom is -0.372 e. The zero-order chi connectivity index (χ0) is 20.8. The van der Waals surface area contributed by atoms with Crippen LogP contribution in [0.25, 0.3) is 5.69 Å². The molecule has 0 bridgehead atoms. The molecule has 1 N–H and O–H groups in total. The highest BCUT2D eigenvalue weighted by Crippen LogP contribution is 2.21. The number of rotatable bonds is 6. The monoisotopic (exact) mass is 399 g/mol. The van der Waals surface area contributed by atoms with Gasteiger partial charge in [0.05, 0.1) is 17.1 Å². The average molecular weight is 399 g/mol. The molecule has 1 aliphatic heterocycles. The summed E-state index contributed by atoms with van der Waals surface area (Å²) in [4.78, 5) is 19.5. The predicted molar refractivity (Wildman–Crippen MR) is 122 cm³/mol. The van der Waals surface area contributed by atoms with Crippen LogP contribution in [0, 0.1) is 5.41 Å². The van der Waals surface area contributed by atoms with Crippen LogP contribution in [0.15, 0.2) is 76.6 Å². The Morgan fingerprint density at radius 1 is 0.967 bits per heavy atom. The number of nitrogens with zero attached hydrogens (tertiary/aromatic N) is 4. The molecule has 0 unspecified atom stereocenters. The summed E-state index contributed by atoms with van der Waals surface area (Å²) in [5.41, 5.74) is 3.38. The van der Waals surface area contributed by atoms with Crippen LogP contribution in [0.1, 0.15) is 31.4 Å². The van der Waals surface area contributed by atoms with Crippen LogP contribution >= 0.6 is 0 Å². The quantitative estimate of drug-likeness (QED) is 0.625. The molecule has 1 saturated heterocycles. The molecule has 0 saturated carbocycles. The number of hydrogen-bond donors (Lipinski definition) is 1. The maximum Gasteiger partial charge on any atom is 0.209 e. The molecule has 0 amide bonds. The van der Waals surface area contributed by atoms with Crippen molar-refractivity contribution < 1.29 is 0 Å². The molecular formula is C24H25N5O. The fourth-order valence-electron chi connectivity index (χ4n) is 3.67. The van der Waals surface area contributed by atoms with E-state index in [0.29, 0.717) is 5.71 Å². The normalized spacial score (nSPS) is 14.5. The van der Waals surface area contributed by atoms with Crippen LogP contribution in [0.2, 0.25) is 0 Å². The number of aliphatic imine (C=N–C) groups is 1. The number of anilines is 1. The van der Waals surface area contributed by atoms with Crippen LogP contribution in [0.5, 0.6) is 0 Å². The van der Waals surface area contributed by atoms with Gasteiger partial charge >= 0.3 is 0 Å². The Kier molecular flexibility index (Phi) is 6.13. The van der Waals surface area contributed by atoms with Crippen molar-refractivity contribution in [3.8, 4) is 5.69 Å². The molecule has 1 fully saturated rings. The van der Waals surface area contributed by atoms with E-state index >= 15 is 0 Å². The number of hydrogen-bond acceptors (Lipinski definition) is 5. The van der Waals surface area contributed by atoms with Gasteiger partial charge in [-0.25, -0.2) is 4.68 Å². The predicted octanol–water partition coefficient (Wildman–Crippen LogP) is 4.38. The number of nitrogens with one attached hydrogen (secondary N) is 1. The Morgan fingerprint density at radius 2 is 1.67 bits per heavy atom. The highest BCUT2D eigenvalue weighted by atomic mass is 16.1. The molecule has 1 aliphatic rings. The third-order valence-corrected chi connectivity index (χ3v) is 5.23. The van der Waals surface area contributed by atoms with Crippen molar-refractivity contribution in [3.63, 3.8) is 0 Å². The second-order valence-corrected chi connectivity index (χ2v) is 7.34. The molecule has 6 nitrogen and oxygen atoms in total. The number of aromatic nitrogens is 2. The first-order chi connectivity index (χ1) is 14.7. The van der Waals surface area contributed by atoms with Gasteiger partial charge in [0.1, 0.15) is 0 Å². The highest BCUT2D eigenvalue weighted by Gasteiger charge is 2.13. The number of benzene rings is 2. The zero-order valence-electron chi connectivity index (χ0n) is 16.9.